The van der Waals surface area contributed by atoms with Gasteiger partial charge in [0.25, 0.3) is 5.69 Å². The second-order valence-corrected chi connectivity index (χ2v) is 4.94. The minimum absolute atomic E-state index is 0.120. The van der Waals surface area contributed by atoms with Crippen molar-refractivity contribution in [1.29, 1.82) is 0 Å². The van der Waals surface area contributed by atoms with Crippen LogP contribution in [0.3, 0.4) is 0 Å². The van der Waals surface area contributed by atoms with E-state index in [0.717, 1.165) is 24.2 Å². The Morgan fingerprint density at radius 3 is 2.85 bits per heavy atom. The molecule has 5 heteroatoms. The SMILES string of the molecule is Cc1ccc(NC(C)CCc2ccco2)c([N+](=O)[O-])c1. The fourth-order valence-corrected chi connectivity index (χ4v) is 2.07. The summed E-state index contributed by atoms with van der Waals surface area (Å²) in [7, 11) is 0. The third-order valence-corrected chi connectivity index (χ3v) is 3.16. The molecule has 5 nitrogen and oxygen atoms in total. The molecule has 0 aliphatic heterocycles. The number of aryl methyl sites for hydroxylation is 2. The molecule has 0 saturated carbocycles. The van der Waals surface area contributed by atoms with Crippen LogP contribution in [0.25, 0.3) is 0 Å². The van der Waals surface area contributed by atoms with E-state index in [1.807, 2.05) is 32.0 Å². The maximum Gasteiger partial charge on any atom is 0.292 e. The Morgan fingerprint density at radius 1 is 1.40 bits per heavy atom. The van der Waals surface area contributed by atoms with Gasteiger partial charge < -0.3 is 9.73 Å². The first-order valence-corrected chi connectivity index (χ1v) is 6.60. The molecular weight excluding hydrogens is 256 g/mol. The van der Waals surface area contributed by atoms with Crippen molar-refractivity contribution in [3.63, 3.8) is 0 Å². The predicted octanol–water partition coefficient (Wildman–Crippen LogP) is 3.93. The maximum atomic E-state index is 11.1. The fourth-order valence-electron chi connectivity index (χ4n) is 2.07. The largest absolute Gasteiger partial charge is 0.469 e. The molecule has 106 valence electrons. The quantitative estimate of drug-likeness (QED) is 0.640. The molecule has 1 aromatic heterocycles. The standard InChI is InChI=1S/C15H18N2O3/c1-11-5-8-14(15(10-11)17(18)19)16-12(2)6-7-13-4-3-9-20-13/h3-5,8-10,12,16H,6-7H2,1-2H3. The summed E-state index contributed by atoms with van der Waals surface area (Å²) in [6.07, 6.45) is 3.30. The van der Waals surface area contributed by atoms with Crippen molar-refractivity contribution in [3.05, 3.63) is 58.0 Å². The van der Waals surface area contributed by atoms with E-state index in [9.17, 15) is 10.1 Å². The van der Waals surface area contributed by atoms with Gasteiger partial charge in [0.15, 0.2) is 0 Å². The van der Waals surface area contributed by atoms with E-state index < -0.39 is 0 Å². The van der Waals surface area contributed by atoms with Crippen molar-refractivity contribution in [2.75, 3.05) is 5.32 Å². The molecule has 2 aromatic rings. The zero-order chi connectivity index (χ0) is 14.5. The van der Waals surface area contributed by atoms with Crippen molar-refractivity contribution in [2.45, 2.75) is 32.7 Å². The van der Waals surface area contributed by atoms with Gasteiger partial charge in [-0.05, 0) is 44.0 Å². The summed E-state index contributed by atoms with van der Waals surface area (Å²) >= 11 is 0. The number of rotatable bonds is 6. The molecule has 1 unspecified atom stereocenters. The average molecular weight is 274 g/mol. The Kier molecular flexibility index (Phi) is 4.40. The van der Waals surface area contributed by atoms with Crippen LogP contribution < -0.4 is 5.32 Å². The van der Waals surface area contributed by atoms with Crippen molar-refractivity contribution in [2.24, 2.45) is 0 Å². The number of nitrogens with one attached hydrogen (secondary N) is 1. The maximum absolute atomic E-state index is 11.1. The van der Waals surface area contributed by atoms with Gasteiger partial charge in [0.1, 0.15) is 11.4 Å². The topological polar surface area (TPSA) is 68.3 Å². The van der Waals surface area contributed by atoms with Gasteiger partial charge in [0, 0.05) is 18.5 Å². The molecule has 2 rings (SSSR count). The van der Waals surface area contributed by atoms with Gasteiger partial charge >= 0.3 is 0 Å². The van der Waals surface area contributed by atoms with Gasteiger partial charge in [-0.3, -0.25) is 10.1 Å². The minimum atomic E-state index is -0.353. The van der Waals surface area contributed by atoms with E-state index in [1.54, 1.807) is 18.4 Å². The fraction of sp³-hybridized carbons (Fsp3) is 0.333. The molecule has 0 amide bonds. The third kappa shape index (κ3) is 3.60. The molecule has 0 aliphatic rings. The number of benzene rings is 1. The van der Waals surface area contributed by atoms with Crippen LogP contribution in [0.15, 0.2) is 41.0 Å². The smallest absolute Gasteiger partial charge is 0.292 e. The van der Waals surface area contributed by atoms with Gasteiger partial charge in [0.05, 0.1) is 11.2 Å². The number of anilines is 1. The van der Waals surface area contributed by atoms with E-state index in [0.29, 0.717) is 5.69 Å². The van der Waals surface area contributed by atoms with Crippen LogP contribution in [0, 0.1) is 17.0 Å². The Hall–Kier alpha value is -2.30. The van der Waals surface area contributed by atoms with Crippen molar-refractivity contribution in [3.8, 4) is 0 Å². The van der Waals surface area contributed by atoms with Crippen LogP contribution >= 0.6 is 0 Å². The molecule has 0 spiro atoms. The van der Waals surface area contributed by atoms with Crippen molar-refractivity contribution < 1.29 is 9.34 Å². The van der Waals surface area contributed by atoms with Crippen LogP contribution in [-0.2, 0) is 6.42 Å². The molecule has 1 aromatic carbocycles. The highest BCUT2D eigenvalue weighted by atomic mass is 16.6. The van der Waals surface area contributed by atoms with Gasteiger partial charge in [-0.25, -0.2) is 0 Å². The zero-order valence-electron chi connectivity index (χ0n) is 11.6. The van der Waals surface area contributed by atoms with E-state index >= 15 is 0 Å². The molecule has 0 radical (unpaired) electrons. The van der Waals surface area contributed by atoms with Gasteiger partial charge in [-0.15, -0.1) is 0 Å². The summed E-state index contributed by atoms with van der Waals surface area (Å²) in [5.74, 6) is 0.928. The van der Waals surface area contributed by atoms with Crippen LogP contribution in [-0.4, -0.2) is 11.0 Å². The molecule has 20 heavy (non-hydrogen) atoms. The second kappa shape index (κ2) is 6.23. The normalized spacial score (nSPS) is 12.1. The molecule has 1 heterocycles. The third-order valence-electron chi connectivity index (χ3n) is 3.16. The second-order valence-electron chi connectivity index (χ2n) is 4.94. The lowest BCUT2D eigenvalue weighted by Crippen LogP contribution is -2.16. The zero-order valence-corrected chi connectivity index (χ0v) is 11.6. The van der Waals surface area contributed by atoms with Crippen LogP contribution in [0.2, 0.25) is 0 Å². The van der Waals surface area contributed by atoms with Crippen LogP contribution in [0.5, 0.6) is 0 Å². The van der Waals surface area contributed by atoms with Crippen LogP contribution in [0.4, 0.5) is 11.4 Å². The lowest BCUT2D eigenvalue weighted by Gasteiger charge is -2.15. The number of hydrogen-bond donors (Lipinski definition) is 1. The van der Waals surface area contributed by atoms with Crippen LogP contribution in [0.1, 0.15) is 24.7 Å². The monoisotopic (exact) mass is 274 g/mol. The summed E-state index contributed by atoms with van der Waals surface area (Å²) in [5, 5.41) is 14.2. The molecule has 1 atom stereocenters. The number of nitrogens with zero attached hydrogens (tertiary/aromatic N) is 1. The summed E-state index contributed by atoms with van der Waals surface area (Å²) < 4.78 is 5.28. The lowest BCUT2D eigenvalue weighted by atomic mass is 10.1. The number of nitro benzene ring substituents is 1. The Labute approximate surface area is 117 Å². The molecular formula is C15H18N2O3. The highest BCUT2D eigenvalue weighted by Gasteiger charge is 2.15. The van der Waals surface area contributed by atoms with Gasteiger partial charge in [-0.1, -0.05) is 6.07 Å². The Morgan fingerprint density at radius 2 is 2.20 bits per heavy atom. The van der Waals surface area contributed by atoms with Gasteiger partial charge in [0.2, 0.25) is 0 Å². The predicted molar refractivity (Wildman–Crippen MR) is 77.9 cm³/mol. The summed E-state index contributed by atoms with van der Waals surface area (Å²) in [6.45, 7) is 3.85. The molecule has 0 fully saturated rings. The molecule has 1 N–H and O–H groups in total. The van der Waals surface area contributed by atoms with E-state index in [2.05, 4.69) is 5.32 Å². The number of hydrogen-bond acceptors (Lipinski definition) is 4. The number of nitro groups is 1. The Balaban J connectivity index is 2.00. The van der Waals surface area contributed by atoms with E-state index in [4.69, 9.17) is 4.42 Å². The number of furan rings is 1. The summed E-state index contributed by atoms with van der Waals surface area (Å²) in [6, 6.07) is 9.13. The first-order chi connectivity index (χ1) is 9.56. The summed E-state index contributed by atoms with van der Waals surface area (Å²) in [5.41, 5.74) is 1.56. The highest BCUT2D eigenvalue weighted by molar-refractivity contribution is 5.62. The Bertz CT molecular complexity index is 579. The van der Waals surface area contributed by atoms with Crippen molar-refractivity contribution in [1.82, 2.24) is 0 Å². The summed E-state index contributed by atoms with van der Waals surface area (Å²) in [4.78, 5) is 10.7. The average Bonchev–Trinajstić information content (AvgIpc) is 2.91. The van der Waals surface area contributed by atoms with Crippen molar-refractivity contribution >= 4 is 11.4 Å². The molecule has 0 saturated heterocycles. The van der Waals surface area contributed by atoms with E-state index in [-0.39, 0.29) is 16.7 Å². The lowest BCUT2D eigenvalue weighted by molar-refractivity contribution is -0.384. The van der Waals surface area contributed by atoms with E-state index in [1.165, 1.54) is 0 Å². The minimum Gasteiger partial charge on any atom is -0.469 e. The van der Waals surface area contributed by atoms with Gasteiger partial charge in [-0.2, -0.15) is 0 Å². The molecule has 0 aliphatic carbocycles. The first-order valence-electron chi connectivity index (χ1n) is 6.60. The highest BCUT2D eigenvalue weighted by Crippen LogP contribution is 2.26. The molecule has 0 bridgehead atoms. The first kappa shape index (κ1) is 14.1.